The van der Waals surface area contributed by atoms with Crippen LogP contribution >= 0.6 is 0 Å². The highest BCUT2D eigenvalue weighted by Crippen LogP contribution is 2.24. The molecule has 0 atom stereocenters. The topological polar surface area (TPSA) is 80.0 Å². The van der Waals surface area contributed by atoms with Crippen molar-refractivity contribution in [3.05, 3.63) is 72.9 Å². The number of anilines is 1. The fourth-order valence-corrected chi connectivity index (χ4v) is 4.38. The smallest absolute Gasteiger partial charge is 0.168 e. The van der Waals surface area contributed by atoms with Gasteiger partial charge in [0, 0.05) is 0 Å². The molecule has 154 valence electrons. The van der Waals surface area contributed by atoms with Gasteiger partial charge in [-0.1, -0.05) is 30.3 Å². The fourth-order valence-electron chi connectivity index (χ4n) is 4.38. The number of quaternary nitrogens is 1. The Hall–Kier alpha value is -3.78. The summed E-state index contributed by atoms with van der Waals surface area (Å²) in [7, 11) is 0. The number of benzene rings is 2. The predicted octanol–water partition coefficient (Wildman–Crippen LogP) is 1.60. The second-order valence-corrected chi connectivity index (χ2v) is 7.94. The summed E-state index contributed by atoms with van der Waals surface area (Å²) < 4.78 is 1.88. The molecular weight excluding hydrogens is 388 g/mol. The highest BCUT2D eigenvalue weighted by molar-refractivity contribution is 5.87. The molecule has 4 heterocycles. The van der Waals surface area contributed by atoms with Crippen LogP contribution in [-0.2, 0) is 6.54 Å². The molecule has 1 aliphatic rings. The number of aromatic nitrogens is 6. The second-order valence-electron chi connectivity index (χ2n) is 7.94. The van der Waals surface area contributed by atoms with Crippen LogP contribution < -0.4 is 9.80 Å². The third-order valence-corrected chi connectivity index (χ3v) is 5.97. The molecule has 0 amide bonds. The molecule has 1 saturated heterocycles. The van der Waals surface area contributed by atoms with Crippen LogP contribution in [0, 0.1) is 0 Å². The van der Waals surface area contributed by atoms with E-state index in [0.717, 1.165) is 72.1 Å². The summed E-state index contributed by atoms with van der Waals surface area (Å²) in [5.41, 5.74) is 3.99. The Morgan fingerprint density at radius 2 is 1.74 bits per heavy atom. The number of fused-ring (bicyclic) bond motifs is 2. The fraction of sp³-hybridized carbons (Fsp3) is 0.217. The quantitative estimate of drug-likeness (QED) is 0.470. The zero-order valence-electron chi connectivity index (χ0n) is 17.1. The summed E-state index contributed by atoms with van der Waals surface area (Å²) in [5.74, 6) is 2.02. The molecular formula is C23H23N8+. The minimum atomic E-state index is 0.841. The van der Waals surface area contributed by atoms with Crippen LogP contribution in [0.25, 0.3) is 27.8 Å². The van der Waals surface area contributed by atoms with E-state index in [1.165, 1.54) is 4.90 Å². The van der Waals surface area contributed by atoms with Gasteiger partial charge in [-0.3, -0.25) is 0 Å². The van der Waals surface area contributed by atoms with Crippen LogP contribution in [0.5, 0.6) is 0 Å². The van der Waals surface area contributed by atoms with Gasteiger partial charge in [-0.2, -0.15) is 5.10 Å². The lowest BCUT2D eigenvalue weighted by molar-refractivity contribution is -0.914. The van der Waals surface area contributed by atoms with Gasteiger partial charge in [0.2, 0.25) is 0 Å². The van der Waals surface area contributed by atoms with Crippen LogP contribution in [0.1, 0.15) is 5.82 Å². The minimum absolute atomic E-state index is 0.841. The Kier molecular flexibility index (Phi) is 4.35. The van der Waals surface area contributed by atoms with Crippen molar-refractivity contribution in [3.8, 4) is 5.69 Å². The summed E-state index contributed by atoms with van der Waals surface area (Å²) in [6.07, 6.45) is 3.53. The molecule has 31 heavy (non-hydrogen) atoms. The zero-order valence-corrected chi connectivity index (χ0v) is 17.1. The first kappa shape index (κ1) is 18.0. The molecule has 0 radical (unpaired) electrons. The van der Waals surface area contributed by atoms with E-state index in [1.54, 1.807) is 6.33 Å². The Bertz CT molecular complexity index is 1300. The molecule has 6 rings (SSSR count). The predicted molar refractivity (Wildman–Crippen MR) is 119 cm³/mol. The Morgan fingerprint density at radius 1 is 0.935 bits per heavy atom. The van der Waals surface area contributed by atoms with Gasteiger partial charge in [0.05, 0.1) is 54.5 Å². The van der Waals surface area contributed by atoms with E-state index in [9.17, 15) is 0 Å². The van der Waals surface area contributed by atoms with Crippen LogP contribution in [-0.4, -0.2) is 55.9 Å². The standard InChI is InChI=1S/C23H22N8/c1-2-6-17(7-3-1)31-23-18(14-26-31)22(24-16-25-23)30-12-10-29(11-13-30)15-21-27-19-8-4-5-9-20(19)28-21/h1-9,14,16H,10-13,15H2,(H,27,28)/p+1. The first-order valence-electron chi connectivity index (χ1n) is 10.6. The Balaban J connectivity index is 1.20. The van der Waals surface area contributed by atoms with E-state index < -0.39 is 0 Å². The van der Waals surface area contributed by atoms with E-state index in [4.69, 9.17) is 4.98 Å². The molecule has 0 aliphatic carbocycles. The molecule has 0 saturated carbocycles. The number of nitrogens with one attached hydrogen (secondary N) is 2. The van der Waals surface area contributed by atoms with Crippen molar-refractivity contribution < 1.29 is 4.90 Å². The molecule has 2 N–H and O–H groups in total. The van der Waals surface area contributed by atoms with E-state index >= 15 is 0 Å². The Labute approximate surface area is 179 Å². The van der Waals surface area contributed by atoms with Gasteiger partial charge in [0.15, 0.2) is 11.5 Å². The number of piperazine rings is 1. The van der Waals surface area contributed by atoms with Crippen molar-refractivity contribution in [2.75, 3.05) is 31.1 Å². The lowest BCUT2D eigenvalue weighted by atomic mass is 10.2. The van der Waals surface area contributed by atoms with Crippen molar-refractivity contribution in [1.29, 1.82) is 0 Å². The van der Waals surface area contributed by atoms with Gasteiger partial charge in [0.1, 0.15) is 18.7 Å². The molecule has 1 fully saturated rings. The monoisotopic (exact) mass is 411 g/mol. The molecule has 8 heteroatoms. The van der Waals surface area contributed by atoms with Crippen molar-refractivity contribution in [2.24, 2.45) is 0 Å². The third kappa shape index (κ3) is 3.30. The number of H-pyrrole nitrogens is 1. The number of aromatic amines is 1. The van der Waals surface area contributed by atoms with E-state index in [2.05, 4.69) is 37.1 Å². The normalized spacial score (nSPS) is 15.2. The van der Waals surface area contributed by atoms with Gasteiger partial charge in [-0.25, -0.2) is 19.6 Å². The summed E-state index contributed by atoms with van der Waals surface area (Å²) in [4.78, 5) is 21.2. The molecule has 5 aromatic rings. The number of nitrogens with zero attached hydrogens (tertiary/aromatic N) is 6. The van der Waals surface area contributed by atoms with Crippen molar-refractivity contribution in [1.82, 2.24) is 29.7 Å². The van der Waals surface area contributed by atoms with Crippen LogP contribution in [0.4, 0.5) is 5.82 Å². The number of para-hydroxylation sites is 3. The van der Waals surface area contributed by atoms with Crippen molar-refractivity contribution in [2.45, 2.75) is 6.54 Å². The van der Waals surface area contributed by atoms with Gasteiger partial charge in [0.25, 0.3) is 0 Å². The van der Waals surface area contributed by atoms with Crippen molar-refractivity contribution in [3.63, 3.8) is 0 Å². The summed E-state index contributed by atoms with van der Waals surface area (Å²) >= 11 is 0. The van der Waals surface area contributed by atoms with E-state index in [0.29, 0.717) is 0 Å². The lowest BCUT2D eigenvalue weighted by Gasteiger charge is -2.32. The summed E-state index contributed by atoms with van der Waals surface area (Å²) in [5, 5.41) is 5.58. The molecule has 2 aromatic carbocycles. The average molecular weight is 411 g/mol. The number of imidazole rings is 1. The number of hydrogen-bond donors (Lipinski definition) is 2. The van der Waals surface area contributed by atoms with Gasteiger partial charge in [-0.05, 0) is 24.3 Å². The molecule has 8 nitrogen and oxygen atoms in total. The first-order valence-corrected chi connectivity index (χ1v) is 10.6. The highest BCUT2D eigenvalue weighted by atomic mass is 15.3. The van der Waals surface area contributed by atoms with Crippen molar-refractivity contribution >= 4 is 27.9 Å². The SMILES string of the molecule is c1ccc(-n2ncc3c(N4CC[NH+](Cc5nc6ccccc6[nH]5)CC4)ncnc32)cc1. The summed E-state index contributed by atoms with van der Waals surface area (Å²) in [6, 6.07) is 18.3. The van der Waals surface area contributed by atoms with Crippen LogP contribution in [0.15, 0.2) is 67.1 Å². The van der Waals surface area contributed by atoms with E-state index in [-0.39, 0.29) is 0 Å². The maximum absolute atomic E-state index is 4.73. The highest BCUT2D eigenvalue weighted by Gasteiger charge is 2.24. The molecule has 0 unspecified atom stereocenters. The molecule has 3 aromatic heterocycles. The summed E-state index contributed by atoms with van der Waals surface area (Å²) in [6.45, 7) is 4.87. The maximum Gasteiger partial charge on any atom is 0.168 e. The minimum Gasteiger partial charge on any atom is -0.345 e. The molecule has 1 aliphatic heterocycles. The zero-order chi connectivity index (χ0) is 20.6. The number of hydrogen-bond acceptors (Lipinski definition) is 5. The van der Waals surface area contributed by atoms with Crippen LogP contribution in [0.3, 0.4) is 0 Å². The van der Waals surface area contributed by atoms with Gasteiger partial charge < -0.3 is 14.8 Å². The average Bonchev–Trinajstić information content (AvgIpc) is 3.44. The van der Waals surface area contributed by atoms with Gasteiger partial charge >= 0.3 is 0 Å². The largest absolute Gasteiger partial charge is 0.345 e. The lowest BCUT2D eigenvalue weighted by Crippen LogP contribution is -3.13. The number of rotatable bonds is 4. The first-order chi connectivity index (χ1) is 15.3. The maximum atomic E-state index is 4.73. The molecule has 0 bridgehead atoms. The second kappa shape index (κ2) is 7.48. The van der Waals surface area contributed by atoms with E-state index in [1.807, 2.05) is 53.3 Å². The van der Waals surface area contributed by atoms with Crippen LogP contribution in [0.2, 0.25) is 0 Å². The molecule has 0 spiro atoms. The Morgan fingerprint density at radius 3 is 2.58 bits per heavy atom. The third-order valence-electron chi connectivity index (χ3n) is 5.97. The van der Waals surface area contributed by atoms with Gasteiger partial charge in [-0.15, -0.1) is 0 Å².